The summed E-state index contributed by atoms with van der Waals surface area (Å²) >= 11 is 1.41. The van der Waals surface area contributed by atoms with Crippen LogP contribution in [0.4, 0.5) is 4.79 Å². The fourth-order valence-corrected chi connectivity index (χ4v) is 9.85. The molecule has 15 nitrogen and oxygen atoms in total. The second-order valence-corrected chi connectivity index (χ2v) is 18.7. The number of nitrogens with one attached hydrogen (secondary N) is 2. The van der Waals surface area contributed by atoms with Crippen molar-refractivity contribution >= 4 is 46.1 Å². The minimum Gasteiger partial charge on any atom is -0.464 e. The molecule has 6 heterocycles. The molecule has 2 saturated heterocycles. The lowest BCUT2D eigenvalue weighted by molar-refractivity contribution is -0.155. The molecule has 2 fully saturated rings. The molecule has 0 radical (unpaired) electrons. The van der Waals surface area contributed by atoms with Crippen LogP contribution in [0.3, 0.4) is 0 Å². The maximum atomic E-state index is 14.5. The van der Waals surface area contributed by atoms with Gasteiger partial charge in [0, 0.05) is 85.8 Å². The van der Waals surface area contributed by atoms with Gasteiger partial charge in [-0.15, -0.1) is 11.3 Å². The average molecular weight is 857 g/mol. The lowest BCUT2D eigenvalue weighted by Gasteiger charge is -2.37. The number of esters is 1. The number of carbonyl (C=O) groups is 4. The van der Waals surface area contributed by atoms with Gasteiger partial charge in [-0.05, 0) is 75.3 Å². The number of pyridine rings is 1. The Balaban J connectivity index is 1.30. The molecule has 3 aliphatic rings. The smallest absolute Gasteiger partial charge is 0.324 e. The fraction of sp³-hybridized carbons (Fsp3) is 0.556. The zero-order chi connectivity index (χ0) is 43.7. The number of urea groups is 1. The van der Waals surface area contributed by atoms with Crippen molar-refractivity contribution in [2.45, 2.75) is 111 Å². The molecular weight excluding hydrogens is 797 g/mol. The van der Waals surface area contributed by atoms with Crippen molar-refractivity contribution in [1.82, 2.24) is 40.1 Å². The van der Waals surface area contributed by atoms with Gasteiger partial charge in [0.2, 0.25) is 5.91 Å². The monoisotopic (exact) mass is 856 g/mol. The molecule has 0 saturated carbocycles. The van der Waals surface area contributed by atoms with E-state index in [1.54, 1.807) is 25.3 Å². The van der Waals surface area contributed by atoms with E-state index in [0.717, 1.165) is 44.7 Å². The van der Waals surface area contributed by atoms with Crippen molar-refractivity contribution in [2.75, 3.05) is 40.4 Å². The zero-order valence-electron chi connectivity index (χ0n) is 36.6. The minimum atomic E-state index is -1.07. The van der Waals surface area contributed by atoms with Gasteiger partial charge in [0.15, 0.2) is 0 Å². The number of aliphatic hydroxyl groups is 1. The number of nitrogens with zero attached hydrogens (tertiary/aromatic N) is 6. The number of aromatic nitrogens is 3. The summed E-state index contributed by atoms with van der Waals surface area (Å²) < 4.78 is 14.2. The summed E-state index contributed by atoms with van der Waals surface area (Å²) in [5, 5.41) is 18.2. The Morgan fingerprint density at radius 2 is 1.95 bits per heavy atom. The van der Waals surface area contributed by atoms with Crippen LogP contribution in [-0.4, -0.2) is 123 Å². The molecule has 1 unspecified atom stereocenters. The van der Waals surface area contributed by atoms with E-state index in [1.807, 2.05) is 32.2 Å². The van der Waals surface area contributed by atoms with Crippen molar-refractivity contribution < 1.29 is 33.8 Å². The summed E-state index contributed by atoms with van der Waals surface area (Å²) in [5.41, 5.74) is 9.29. The molecule has 328 valence electrons. The number of aliphatic hydroxyl groups excluding tert-OH is 1. The quantitative estimate of drug-likeness (QED) is 0.197. The molecule has 6 bridgehead atoms. The number of likely N-dealkylation sites (N-methyl/N-ethyl adjacent to an activating group) is 1. The number of β-amino-alcohol motifs (C(OH)–C–C–N with tert-alkyl or cyclic N) is 1. The van der Waals surface area contributed by atoms with Gasteiger partial charge in [-0.1, -0.05) is 33.8 Å². The van der Waals surface area contributed by atoms with Gasteiger partial charge in [0.1, 0.15) is 18.1 Å². The maximum absolute atomic E-state index is 14.5. The molecule has 0 aliphatic carbocycles. The van der Waals surface area contributed by atoms with E-state index >= 15 is 0 Å². The molecular formula is C45H60N8O7S. The predicted octanol–water partition coefficient (Wildman–Crippen LogP) is 5.35. The molecule has 61 heavy (non-hydrogen) atoms. The number of hydrogen-bond donors (Lipinski definition) is 3. The van der Waals surface area contributed by atoms with E-state index in [2.05, 4.69) is 60.3 Å². The number of aryl methyl sites for hydroxylation is 1. The van der Waals surface area contributed by atoms with Crippen molar-refractivity contribution in [3.8, 4) is 22.5 Å². The highest BCUT2D eigenvalue weighted by molar-refractivity contribution is 7.10. The van der Waals surface area contributed by atoms with E-state index in [9.17, 15) is 24.3 Å². The molecule has 3 aliphatic heterocycles. The fourth-order valence-electron chi connectivity index (χ4n) is 9.00. The van der Waals surface area contributed by atoms with Crippen LogP contribution in [0.2, 0.25) is 0 Å². The number of ether oxygens (including phenoxy) is 2. The number of rotatable bonds is 8. The summed E-state index contributed by atoms with van der Waals surface area (Å²) in [4.78, 5) is 68.9. The van der Waals surface area contributed by atoms with Crippen LogP contribution in [0, 0.1) is 11.3 Å². The van der Waals surface area contributed by atoms with Crippen LogP contribution < -0.4 is 10.7 Å². The Kier molecular flexibility index (Phi) is 13.2. The number of hydrazine groups is 1. The molecule has 7 rings (SSSR count). The number of hydrogen-bond acceptors (Lipinski definition) is 11. The third-order valence-corrected chi connectivity index (χ3v) is 13.1. The van der Waals surface area contributed by atoms with Crippen LogP contribution in [-0.2, 0) is 43.2 Å². The third kappa shape index (κ3) is 9.18. The molecule has 1 aromatic carbocycles. The second-order valence-electron chi connectivity index (χ2n) is 17.7. The average Bonchev–Trinajstić information content (AvgIpc) is 3.98. The first-order chi connectivity index (χ1) is 29.1. The van der Waals surface area contributed by atoms with E-state index in [0.29, 0.717) is 50.3 Å². The highest BCUT2D eigenvalue weighted by Gasteiger charge is 2.39. The van der Waals surface area contributed by atoms with Crippen LogP contribution >= 0.6 is 11.3 Å². The first-order valence-corrected chi connectivity index (χ1v) is 22.3. The van der Waals surface area contributed by atoms with Gasteiger partial charge in [0.25, 0.3) is 5.91 Å². The predicted molar refractivity (Wildman–Crippen MR) is 233 cm³/mol. The molecule has 4 aromatic rings. The summed E-state index contributed by atoms with van der Waals surface area (Å²) in [6.45, 7) is 13.8. The number of cyclic esters (lactones) is 1. The Hall–Kier alpha value is -4.90. The maximum Gasteiger partial charge on any atom is 0.324 e. The van der Waals surface area contributed by atoms with Crippen molar-refractivity contribution in [2.24, 2.45) is 11.3 Å². The number of fused-ring (bicyclic) bond motifs is 6. The number of thiazole rings is 1. The van der Waals surface area contributed by atoms with Crippen molar-refractivity contribution in [1.29, 1.82) is 0 Å². The minimum absolute atomic E-state index is 0.0861. The zero-order valence-corrected chi connectivity index (χ0v) is 37.4. The summed E-state index contributed by atoms with van der Waals surface area (Å²) in [7, 11) is 3.26. The number of likely N-dealkylation sites (tertiary alicyclic amines) is 1. The van der Waals surface area contributed by atoms with E-state index < -0.39 is 47.4 Å². The van der Waals surface area contributed by atoms with E-state index in [-0.39, 0.29) is 37.6 Å². The number of methoxy groups -OCH3 is 1. The molecule has 0 spiro atoms. The highest BCUT2D eigenvalue weighted by Crippen LogP contribution is 2.42. The van der Waals surface area contributed by atoms with Gasteiger partial charge in [-0.25, -0.2) is 15.2 Å². The normalized spacial score (nSPS) is 21.9. The van der Waals surface area contributed by atoms with Crippen LogP contribution in [0.15, 0.2) is 41.9 Å². The summed E-state index contributed by atoms with van der Waals surface area (Å²) in [6, 6.07) is 7.30. The largest absolute Gasteiger partial charge is 0.464 e. The lowest BCUT2D eigenvalue weighted by Crippen LogP contribution is -2.62. The first kappa shape index (κ1) is 44.2. The lowest BCUT2D eigenvalue weighted by atomic mass is 9.84. The Morgan fingerprint density at radius 3 is 2.66 bits per heavy atom. The van der Waals surface area contributed by atoms with Gasteiger partial charge >= 0.3 is 12.0 Å². The van der Waals surface area contributed by atoms with Gasteiger partial charge < -0.3 is 34.3 Å². The molecule has 5 atom stereocenters. The summed E-state index contributed by atoms with van der Waals surface area (Å²) in [5.74, 6) is -1.65. The molecule has 3 aromatic heterocycles. The van der Waals surface area contributed by atoms with E-state index in [1.165, 1.54) is 21.2 Å². The van der Waals surface area contributed by atoms with Crippen molar-refractivity contribution in [3.05, 3.63) is 58.2 Å². The Labute approximate surface area is 361 Å². The third-order valence-electron chi connectivity index (χ3n) is 12.2. The Morgan fingerprint density at radius 1 is 1.16 bits per heavy atom. The van der Waals surface area contributed by atoms with Crippen LogP contribution in [0.25, 0.3) is 33.4 Å². The van der Waals surface area contributed by atoms with Gasteiger partial charge in [0.05, 0.1) is 40.9 Å². The SMILES string of the molecule is CCn1c(-c2cccnc2[C@H](C)OC)c2c3cc(ccc31)-c1csc(n1)C[C@H](NC(=O)C(C(C)C)N(C)C(=O)N1CC[C@@H](O)C1)C(=O)N1CCC[C@H](N1)C(=O)OCC(C)(C)C2. The van der Waals surface area contributed by atoms with E-state index in [4.69, 9.17) is 19.4 Å². The van der Waals surface area contributed by atoms with Gasteiger partial charge in [-0.3, -0.25) is 24.4 Å². The van der Waals surface area contributed by atoms with Crippen LogP contribution in [0.5, 0.6) is 0 Å². The number of amides is 4. The van der Waals surface area contributed by atoms with Gasteiger partial charge in [-0.2, -0.15) is 0 Å². The van der Waals surface area contributed by atoms with Crippen LogP contribution in [0.1, 0.15) is 83.2 Å². The second kappa shape index (κ2) is 18.2. The number of benzene rings is 1. The molecule has 16 heteroatoms. The highest BCUT2D eigenvalue weighted by atomic mass is 32.1. The molecule has 4 amide bonds. The first-order valence-electron chi connectivity index (χ1n) is 21.4. The Bertz CT molecular complexity index is 2270. The topological polar surface area (TPSA) is 171 Å². The number of carbonyl (C=O) groups excluding carboxylic acids is 4. The summed E-state index contributed by atoms with van der Waals surface area (Å²) in [6.07, 6.45) is 3.10. The molecule has 3 N–H and O–H groups in total. The van der Waals surface area contributed by atoms with Crippen molar-refractivity contribution in [3.63, 3.8) is 0 Å². The standard InChI is InChI=1S/C45H60N8O7S/c1-9-52-36-15-14-28-20-31(36)32(40(52)30-12-10-17-46-38(30)27(4)59-8)22-45(5,6)25-60-43(57)33-13-11-18-53(49-33)42(56)34(21-37-47-35(28)24-61-37)48-41(55)39(26(2)3)50(7)44(58)51-19-16-29(54)23-51/h10,12,14-15,17,20,24,26-27,29,33-34,39,49,54H,9,11,13,16,18-19,21-23,25H2,1-8H3,(H,48,55)/t27-,29+,33-,34-,39?/m0/s1.